The summed E-state index contributed by atoms with van der Waals surface area (Å²) in [5, 5.41) is 0.787. The number of hydrogen-bond acceptors (Lipinski definition) is 1. The third-order valence-electron chi connectivity index (χ3n) is 3.25. The van der Waals surface area contributed by atoms with Crippen molar-refractivity contribution in [1.29, 1.82) is 0 Å². The predicted octanol–water partition coefficient (Wildman–Crippen LogP) is 4.99. The van der Waals surface area contributed by atoms with Gasteiger partial charge in [0.05, 0.1) is 12.7 Å². The lowest BCUT2D eigenvalue weighted by atomic mass is 10.1. The molecule has 1 nitrogen and oxygen atoms in total. The molecule has 0 amide bonds. The highest BCUT2D eigenvalue weighted by Gasteiger charge is 2.21. The van der Waals surface area contributed by atoms with Crippen LogP contribution in [-0.4, -0.2) is 10.0 Å². The molecule has 0 bridgehead atoms. The Labute approximate surface area is 122 Å². The SMILES string of the molecule is Clc1ccc(COC2CCCCCC2I)cc1. The number of hydrogen-bond donors (Lipinski definition) is 0. The summed E-state index contributed by atoms with van der Waals surface area (Å²) in [5.41, 5.74) is 1.21. The van der Waals surface area contributed by atoms with E-state index < -0.39 is 0 Å². The van der Waals surface area contributed by atoms with E-state index in [9.17, 15) is 0 Å². The Kier molecular flexibility index (Phi) is 5.57. The van der Waals surface area contributed by atoms with Gasteiger partial charge in [0, 0.05) is 8.95 Å². The van der Waals surface area contributed by atoms with Crippen molar-refractivity contribution in [2.45, 2.75) is 48.7 Å². The van der Waals surface area contributed by atoms with Gasteiger partial charge in [-0.2, -0.15) is 0 Å². The molecular formula is C14H18ClIO. The largest absolute Gasteiger partial charge is 0.372 e. The van der Waals surface area contributed by atoms with Gasteiger partial charge in [0.15, 0.2) is 0 Å². The second-order valence-corrected chi connectivity index (χ2v) is 6.67. The van der Waals surface area contributed by atoms with Gasteiger partial charge in [-0.3, -0.25) is 0 Å². The van der Waals surface area contributed by atoms with Crippen LogP contribution in [0.1, 0.15) is 37.7 Å². The Morgan fingerprint density at radius 3 is 2.59 bits per heavy atom. The number of halogens is 2. The molecule has 1 aliphatic rings. The Morgan fingerprint density at radius 1 is 1.12 bits per heavy atom. The first-order valence-electron chi connectivity index (χ1n) is 6.26. The standard InChI is InChI=1S/C14H18ClIO/c15-12-8-6-11(7-9-12)10-17-14-5-3-1-2-4-13(14)16/h6-9,13-14H,1-5,10H2. The molecular weight excluding hydrogens is 347 g/mol. The Bertz CT molecular complexity index is 339. The second kappa shape index (κ2) is 6.95. The second-order valence-electron chi connectivity index (χ2n) is 4.63. The average Bonchev–Trinajstić information content (AvgIpc) is 2.54. The zero-order valence-electron chi connectivity index (χ0n) is 9.87. The lowest BCUT2D eigenvalue weighted by Gasteiger charge is -2.20. The molecule has 2 atom stereocenters. The zero-order valence-corrected chi connectivity index (χ0v) is 12.8. The Morgan fingerprint density at radius 2 is 1.82 bits per heavy atom. The lowest BCUT2D eigenvalue weighted by molar-refractivity contribution is 0.0377. The van der Waals surface area contributed by atoms with Crippen molar-refractivity contribution in [2.24, 2.45) is 0 Å². The van der Waals surface area contributed by atoms with Gasteiger partial charge in [-0.05, 0) is 30.5 Å². The molecule has 1 aromatic rings. The summed E-state index contributed by atoms with van der Waals surface area (Å²) in [4.78, 5) is 0. The first kappa shape index (κ1) is 13.6. The minimum atomic E-state index is 0.425. The maximum atomic E-state index is 6.05. The van der Waals surface area contributed by atoms with Crippen LogP contribution in [0.2, 0.25) is 5.02 Å². The van der Waals surface area contributed by atoms with Crippen molar-refractivity contribution in [3.63, 3.8) is 0 Å². The summed E-state index contributed by atoms with van der Waals surface area (Å²) in [6.07, 6.45) is 6.96. The van der Waals surface area contributed by atoms with E-state index in [0.29, 0.717) is 16.6 Å². The van der Waals surface area contributed by atoms with Crippen LogP contribution in [0, 0.1) is 0 Å². The smallest absolute Gasteiger partial charge is 0.0721 e. The van der Waals surface area contributed by atoms with Crippen molar-refractivity contribution >= 4 is 34.2 Å². The van der Waals surface area contributed by atoms with Crippen LogP contribution in [0.15, 0.2) is 24.3 Å². The molecule has 0 aliphatic heterocycles. The summed E-state index contributed by atoms with van der Waals surface area (Å²) >= 11 is 8.41. The maximum Gasteiger partial charge on any atom is 0.0721 e. The number of ether oxygens (including phenoxy) is 1. The van der Waals surface area contributed by atoms with E-state index in [1.54, 1.807) is 0 Å². The van der Waals surface area contributed by atoms with Gasteiger partial charge < -0.3 is 4.74 Å². The Hall–Kier alpha value is 0.200. The highest BCUT2D eigenvalue weighted by Crippen LogP contribution is 2.27. The van der Waals surface area contributed by atoms with Crippen molar-refractivity contribution in [2.75, 3.05) is 0 Å². The molecule has 3 heteroatoms. The molecule has 0 saturated heterocycles. The van der Waals surface area contributed by atoms with E-state index in [-0.39, 0.29) is 0 Å². The van der Waals surface area contributed by atoms with E-state index in [0.717, 1.165) is 5.02 Å². The summed E-state index contributed by atoms with van der Waals surface area (Å²) in [6, 6.07) is 7.94. The monoisotopic (exact) mass is 364 g/mol. The van der Waals surface area contributed by atoms with Crippen LogP contribution < -0.4 is 0 Å². The summed E-state index contributed by atoms with van der Waals surface area (Å²) in [5.74, 6) is 0. The molecule has 0 aromatic heterocycles. The van der Waals surface area contributed by atoms with Crippen LogP contribution in [-0.2, 0) is 11.3 Å². The quantitative estimate of drug-likeness (QED) is 0.417. The highest BCUT2D eigenvalue weighted by atomic mass is 127. The average molecular weight is 365 g/mol. The molecule has 1 fully saturated rings. The third kappa shape index (κ3) is 4.42. The first-order chi connectivity index (χ1) is 8.25. The van der Waals surface area contributed by atoms with E-state index in [2.05, 4.69) is 22.6 Å². The molecule has 2 unspecified atom stereocenters. The topological polar surface area (TPSA) is 9.23 Å². The van der Waals surface area contributed by atoms with E-state index in [1.165, 1.54) is 37.7 Å². The van der Waals surface area contributed by atoms with Gasteiger partial charge in [0.1, 0.15) is 0 Å². The lowest BCUT2D eigenvalue weighted by Crippen LogP contribution is -2.22. The predicted molar refractivity (Wildman–Crippen MR) is 80.9 cm³/mol. The van der Waals surface area contributed by atoms with E-state index >= 15 is 0 Å². The minimum absolute atomic E-state index is 0.425. The summed E-state index contributed by atoms with van der Waals surface area (Å²) < 4.78 is 6.72. The molecule has 17 heavy (non-hydrogen) atoms. The van der Waals surface area contributed by atoms with Crippen molar-refractivity contribution in [3.8, 4) is 0 Å². The van der Waals surface area contributed by atoms with Crippen LogP contribution >= 0.6 is 34.2 Å². The van der Waals surface area contributed by atoms with Gasteiger partial charge in [-0.25, -0.2) is 0 Å². The van der Waals surface area contributed by atoms with Gasteiger partial charge in [-0.15, -0.1) is 0 Å². The molecule has 0 N–H and O–H groups in total. The molecule has 2 rings (SSSR count). The van der Waals surface area contributed by atoms with Crippen molar-refractivity contribution < 1.29 is 4.74 Å². The fourth-order valence-electron chi connectivity index (χ4n) is 2.20. The fourth-order valence-corrected chi connectivity index (χ4v) is 3.33. The van der Waals surface area contributed by atoms with Gasteiger partial charge in [0.25, 0.3) is 0 Å². The van der Waals surface area contributed by atoms with E-state index in [4.69, 9.17) is 16.3 Å². The van der Waals surface area contributed by atoms with Gasteiger partial charge >= 0.3 is 0 Å². The Balaban J connectivity index is 1.85. The molecule has 0 radical (unpaired) electrons. The third-order valence-corrected chi connectivity index (χ3v) is 4.93. The van der Waals surface area contributed by atoms with Crippen LogP contribution in [0.3, 0.4) is 0 Å². The van der Waals surface area contributed by atoms with Crippen LogP contribution in [0.25, 0.3) is 0 Å². The van der Waals surface area contributed by atoms with Crippen molar-refractivity contribution in [3.05, 3.63) is 34.9 Å². The fraction of sp³-hybridized carbons (Fsp3) is 0.571. The normalized spacial score (nSPS) is 25.5. The van der Waals surface area contributed by atoms with Crippen LogP contribution in [0.5, 0.6) is 0 Å². The first-order valence-corrected chi connectivity index (χ1v) is 7.88. The molecule has 1 aromatic carbocycles. The van der Waals surface area contributed by atoms with Gasteiger partial charge in [-0.1, -0.05) is 65.6 Å². The molecule has 0 heterocycles. The maximum absolute atomic E-state index is 6.05. The minimum Gasteiger partial charge on any atom is -0.372 e. The molecule has 1 aliphatic carbocycles. The van der Waals surface area contributed by atoms with Crippen molar-refractivity contribution in [1.82, 2.24) is 0 Å². The van der Waals surface area contributed by atoms with E-state index in [1.807, 2.05) is 24.3 Å². The number of alkyl halides is 1. The number of rotatable bonds is 3. The molecule has 1 saturated carbocycles. The summed E-state index contributed by atoms with van der Waals surface area (Å²) in [7, 11) is 0. The highest BCUT2D eigenvalue weighted by molar-refractivity contribution is 14.1. The molecule has 0 spiro atoms. The zero-order chi connectivity index (χ0) is 12.1. The van der Waals surface area contributed by atoms with Gasteiger partial charge in [0.2, 0.25) is 0 Å². The molecule has 94 valence electrons. The van der Waals surface area contributed by atoms with Crippen LogP contribution in [0.4, 0.5) is 0 Å². The number of benzene rings is 1. The summed E-state index contributed by atoms with van der Waals surface area (Å²) in [6.45, 7) is 0.710.